The molecule has 1 saturated heterocycles. The number of nitrogens with zero attached hydrogens (tertiary/aromatic N) is 3. The molecule has 7 nitrogen and oxygen atoms in total. The van der Waals surface area contributed by atoms with Gasteiger partial charge in [-0.1, -0.05) is 71.8 Å². The Hall–Kier alpha value is -3.84. The minimum Gasteiger partial charge on any atom is -0.324 e. The molecule has 3 heterocycles. The number of amides is 2. The standard InChI is InChI=1S/C39H51N5O2.C2H6.CH4.3H2/c1-5-7-11-29(10-6-2)19-30-18-27(3)12-13-31(20-30)32-14-15-36-33(21-32)22-34(24-41-36)39(46)43-37-23-35(25-40-28(37)4)42-38(45)26-44-16-8-9-17-44;1-2;;;;/h5,13,20-25,27,29H,1,6-12,14-19,26H2,2-4H3,(H,42,45)(H,43,46);1-2H3;1H4;3*1H. The van der Waals surface area contributed by atoms with Gasteiger partial charge in [-0.3, -0.25) is 24.5 Å². The van der Waals surface area contributed by atoms with Gasteiger partial charge in [0, 0.05) is 16.2 Å². The minimum absolute atomic E-state index is 0. The van der Waals surface area contributed by atoms with E-state index in [1.165, 1.54) is 30.4 Å². The number of likely N-dealkylation sites (tertiary alicyclic amines) is 1. The summed E-state index contributed by atoms with van der Waals surface area (Å²) in [5.74, 6) is 1.03. The summed E-state index contributed by atoms with van der Waals surface area (Å²) >= 11 is 0. The molecule has 3 aliphatic rings. The Balaban J connectivity index is 0.00000426. The Bertz CT molecular complexity index is 1530. The highest BCUT2D eigenvalue weighted by atomic mass is 16.2. The van der Waals surface area contributed by atoms with E-state index in [0.717, 1.165) is 75.7 Å². The van der Waals surface area contributed by atoms with E-state index in [1.807, 2.05) is 26.8 Å². The number of anilines is 2. The molecule has 2 aromatic rings. The summed E-state index contributed by atoms with van der Waals surface area (Å²) in [4.78, 5) is 37.3. The normalized spacial score (nSPS) is 17.8. The third kappa shape index (κ3) is 11.6. The van der Waals surface area contributed by atoms with Crippen LogP contribution in [0.1, 0.15) is 131 Å². The molecule has 2 aromatic heterocycles. The van der Waals surface area contributed by atoms with Gasteiger partial charge in [-0.05, 0) is 125 Å². The van der Waals surface area contributed by atoms with E-state index in [-0.39, 0.29) is 23.5 Å². The SMILES string of the molecule is C.C=CCCC(CCC)CC1=CC(C2=Cc3cc(C(=O)Nc4cc(NC(=O)CN5CCCC5)cnc4C)cnc3CC2)=CCC(C)C1.CC.[HH].[HH].[HH]. The van der Waals surface area contributed by atoms with Crippen LogP contribution >= 0.6 is 0 Å². The quantitative estimate of drug-likeness (QED) is 0.207. The fourth-order valence-corrected chi connectivity index (χ4v) is 7.02. The molecular weight excluding hydrogens is 606 g/mol. The Labute approximate surface area is 300 Å². The van der Waals surface area contributed by atoms with Crippen LogP contribution in [-0.4, -0.2) is 46.3 Å². The van der Waals surface area contributed by atoms with Crippen molar-refractivity contribution in [2.75, 3.05) is 30.3 Å². The molecule has 2 N–H and O–H groups in total. The first-order valence-electron chi connectivity index (χ1n) is 18.3. The summed E-state index contributed by atoms with van der Waals surface area (Å²) in [6.45, 7) is 16.7. The molecular formula is C42H67N5O2. The summed E-state index contributed by atoms with van der Waals surface area (Å²) in [5, 5.41) is 5.94. The molecule has 2 atom stereocenters. The zero-order valence-corrected chi connectivity index (χ0v) is 30.0. The highest BCUT2D eigenvalue weighted by molar-refractivity contribution is 6.05. The lowest BCUT2D eigenvalue weighted by Gasteiger charge is -2.20. The van der Waals surface area contributed by atoms with E-state index in [9.17, 15) is 9.59 Å². The molecule has 1 aliphatic heterocycles. The van der Waals surface area contributed by atoms with Crippen LogP contribution < -0.4 is 10.6 Å². The van der Waals surface area contributed by atoms with Gasteiger partial charge in [0.2, 0.25) is 5.91 Å². The van der Waals surface area contributed by atoms with Crippen LogP contribution in [0.25, 0.3) is 6.08 Å². The van der Waals surface area contributed by atoms with Gasteiger partial charge >= 0.3 is 0 Å². The summed E-state index contributed by atoms with van der Waals surface area (Å²) in [6.07, 6.45) is 24.7. The number of carbonyl (C=O) groups is 2. The fourth-order valence-electron chi connectivity index (χ4n) is 7.02. The number of hydrogen-bond donors (Lipinski definition) is 2. The summed E-state index contributed by atoms with van der Waals surface area (Å²) < 4.78 is 0. The van der Waals surface area contributed by atoms with Crippen LogP contribution in [0, 0.1) is 18.8 Å². The molecule has 0 spiro atoms. The lowest BCUT2D eigenvalue weighted by molar-refractivity contribution is -0.117. The average Bonchev–Trinajstić information content (AvgIpc) is 3.52. The Kier molecular flexibility index (Phi) is 16.1. The van der Waals surface area contributed by atoms with Crippen LogP contribution in [0.3, 0.4) is 0 Å². The zero-order chi connectivity index (χ0) is 34.5. The molecule has 49 heavy (non-hydrogen) atoms. The minimum atomic E-state index is -0.243. The predicted molar refractivity (Wildman–Crippen MR) is 213 cm³/mol. The molecule has 0 bridgehead atoms. The highest BCUT2D eigenvalue weighted by Crippen LogP contribution is 2.35. The van der Waals surface area contributed by atoms with E-state index in [4.69, 9.17) is 4.98 Å². The van der Waals surface area contributed by atoms with Gasteiger partial charge in [-0.15, -0.1) is 6.58 Å². The first-order valence-corrected chi connectivity index (χ1v) is 18.3. The number of hydrogen-bond acceptors (Lipinski definition) is 5. The number of fused-ring (bicyclic) bond motifs is 1. The first-order chi connectivity index (χ1) is 23.3. The predicted octanol–water partition coefficient (Wildman–Crippen LogP) is 10.9. The summed E-state index contributed by atoms with van der Waals surface area (Å²) in [7, 11) is 0. The second-order valence-corrected chi connectivity index (χ2v) is 13.5. The largest absolute Gasteiger partial charge is 0.324 e. The van der Waals surface area contributed by atoms with Crippen LogP contribution in [0.5, 0.6) is 0 Å². The molecule has 5 rings (SSSR count). The highest BCUT2D eigenvalue weighted by Gasteiger charge is 2.21. The monoisotopic (exact) mass is 674 g/mol. The first kappa shape index (κ1) is 39.6. The summed E-state index contributed by atoms with van der Waals surface area (Å²) in [5.41, 5.74) is 8.59. The third-order valence-electron chi connectivity index (χ3n) is 9.52. The number of nitrogens with one attached hydrogen (secondary N) is 2. The van der Waals surface area contributed by atoms with E-state index in [1.54, 1.807) is 24.0 Å². The lowest BCUT2D eigenvalue weighted by Crippen LogP contribution is -2.30. The van der Waals surface area contributed by atoms with E-state index >= 15 is 0 Å². The second-order valence-electron chi connectivity index (χ2n) is 13.5. The van der Waals surface area contributed by atoms with Crippen LogP contribution in [0.15, 0.2) is 66.1 Å². The number of allylic oxidation sites excluding steroid dienone is 6. The Morgan fingerprint density at radius 2 is 1.86 bits per heavy atom. The van der Waals surface area contributed by atoms with E-state index in [2.05, 4.69) is 65.2 Å². The molecule has 272 valence electrons. The van der Waals surface area contributed by atoms with Crippen molar-refractivity contribution < 1.29 is 13.9 Å². The van der Waals surface area contributed by atoms with Gasteiger partial charge in [0.1, 0.15) is 0 Å². The molecule has 0 aromatic carbocycles. The van der Waals surface area contributed by atoms with Crippen LogP contribution in [0.2, 0.25) is 0 Å². The summed E-state index contributed by atoms with van der Waals surface area (Å²) in [6, 6.07) is 3.73. The number of aryl methyl sites for hydroxylation is 2. The van der Waals surface area contributed by atoms with Crippen molar-refractivity contribution >= 4 is 29.3 Å². The number of pyridine rings is 2. The lowest BCUT2D eigenvalue weighted by atomic mass is 9.86. The molecule has 2 amide bonds. The molecule has 2 unspecified atom stereocenters. The van der Waals surface area contributed by atoms with Crippen molar-refractivity contribution in [2.24, 2.45) is 11.8 Å². The molecule has 0 radical (unpaired) electrons. The van der Waals surface area contributed by atoms with Gasteiger partial charge in [0.15, 0.2) is 0 Å². The smallest absolute Gasteiger partial charge is 0.257 e. The van der Waals surface area contributed by atoms with Crippen molar-refractivity contribution in [3.8, 4) is 0 Å². The van der Waals surface area contributed by atoms with Gasteiger partial charge < -0.3 is 10.6 Å². The van der Waals surface area contributed by atoms with E-state index < -0.39 is 0 Å². The van der Waals surface area contributed by atoms with Gasteiger partial charge in [-0.25, -0.2) is 0 Å². The van der Waals surface area contributed by atoms with Crippen molar-refractivity contribution in [1.82, 2.24) is 14.9 Å². The van der Waals surface area contributed by atoms with Crippen molar-refractivity contribution in [2.45, 2.75) is 113 Å². The Morgan fingerprint density at radius 1 is 1.08 bits per heavy atom. The van der Waals surface area contributed by atoms with Gasteiger partial charge in [-0.2, -0.15) is 0 Å². The number of carbonyl (C=O) groups excluding carboxylic acids is 2. The van der Waals surface area contributed by atoms with Crippen molar-refractivity contribution in [1.29, 1.82) is 0 Å². The number of rotatable bonds is 13. The molecule has 2 aliphatic carbocycles. The molecule has 1 fully saturated rings. The maximum Gasteiger partial charge on any atom is 0.257 e. The topological polar surface area (TPSA) is 87.2 Å². The van der Waals surface area contributed by atoms with E-state index in [0.29, 0.717) is 41.0 Å². The maximum absolute atomic E-state index is 13.4. The molecule has 7 heteroatoms. The second kappa shape index (κ2) is 20.0. The fraction of sp³-hybridized carbons (Fsp3) is 0.524. The van der Waals surface area contributed by atoms with Crippen molar-refractivity contribution in [3.05, 3.63) is 88.6 Å². The Morgan fingerprint density at radius 3 is 2.59 bits per heavy atom. The van der Waals surface area contributed by atoms with Gasteiger partial charge in [0.25, 0.3) is 5.91 Å². The van der Waals surface area contributed by atoms with Gasteiger partial charge in [0.05, 0.1) is 35.4 Å². The third-order valence-corrected chi connectivity index (χ3v) is 9.52. The van der Waals surface area contributed by atoms with Crippen molar-refractivity contribution in [3.63, 3.8) is 0 Å². The van der Waals surface area contributed by atoms with Crippen LogP contribution in [-0.2, 0) is 11.2 Å². The number of aromatic nitrogens is 2. The van der Waals surface area contributed by atoms with Crippen LogP contribution in [0.4, 0.5) is 11.4 Å². The maximum atomic E-state index is 13.4. The molecule has 0 saturated carbocycles. The average molecular weight is 674 g/mol. The zero-order valence-electron chi connectivity index (χ0n) is 30.0.